The van der Waals surface area contributed by atoms with E-state index in [1.165, 1.54) is 0 Å². The predicted molar refractivity (Wildman–Crippen MR) is 166 cm³/mol. The first-order valence-electron chi connectivity index (χ1n) is 13.7. The number of hydrogen-bond donors (Lipinski definition) is 4. The van der Waals surface area contributed by atoms with Gasteiger partial charge in [-0.05, 0) is 35.4 Å². The molecule has 0 aliphatic carbocycles. The normalized spacial score (nSPS) is 11.7. The van der Waals surface area contributed by atoms with Gasteiger partial charge in [-0.15, -0.1) is 0 Å². The Morgan fingerprint density at radius 3 is 1.37 bits per heavy atom. The lowest BCUT2D eigenvalue weighted by atomic mass is 9.98. The highest BCUT2D eigenvalue weighted by atomic mass is 16.5. The Hall–Kier alpha value is -5.12. The summed E-state index contributed by atoms with van der Waals surface area (Å²) in [5.74, 6) is 2.41. The summed E-state index contributed by atoms with van der Waals surface area (Å²) in [6.45, 7) is -0.355. The molecular formula is C34H30N2O7. The number of aliphatic hydroxyl groups excluding tert-OH is 2. The van der Waals surface area contributed by atoms with Crippen molar-refractivity contribution in [1.29, 1.82) is 0 Å². The average molecular weight is 579 g/mol. The number of fused-ring (bicyclic) bond motifs is 5. The van der Waals surface area contributed by atoms with E-state index in [2.05, 4.69) is 22.1 Å². The van der Waals surface area contributed by atoms with Gasteiger partial charge in [-0.25, -0.2) is 0 Å². The van der Waals surface area contributed by atoms with Gasteiger partial charge in [-0.1, -0.05) is 12.1 Å². The molecule has 4 N–H and O–H groups in total. The molecule has 0 aliphatic heterocycles. The number of aromatic amines is 2. The molecule has 0 aliphatic rings. The van der Waals surface area contributed by atoms with E-state index in [4.69, 9.17) is 23.4 Å². The smallest absolute Gasteiger partial charge is 0.135 e. The molecule has 7 aromatic rings. The summed E-state index contributed by atoms with van der Waals surface area (Å²) in [7, 11) is 6.39. The highest BCUT2D eigenvalue weighted by molar-refractivity contribution is 6.11. The Labute approximate surface area is 246 Å². The van der Waals surface area contributed by atoms with Crippen LogP contribution >= 0.6 is 0 Å². The minimum absolute atomic E-state index is 0.178. The third kappa shape index (κ3) is 3.93. The number of aromatic nitrogens is 2. The van der Waals surface area contributed by atoms with E-state index in [0.29, 0.717) is 34.1 Å². The van der Waals surface area contributed by atoms with Gasteiger partial charge in [-0.2, -0.15) is 0 Å². The first-order valence-corrected chi connectivity index (χ1v) is 13.7. The molecule has 43 heavy (non-hydrogen) atoms. The Morgan fingerprint density at radius 2 is 1.00 bits per heavy atom. The Morgan fingerprint density at radius 1 is 0.581 bits per heavy atom. The Balaban J connectivity index is 1.42. The van der Waals surface area contributed by atoms with Crippen molar-refractivity contribution in [2.75, 3.05) is 28.4 Å². The lowest BCUT2D eigenvalue weighted by Gasteiger charge is -2.12. The summed E-state index contributed by atoms with van der Waals surface area (Å²) in [5.41, 5.74) is 8.20. The van der Waals surface area contributed by atoms with Crippen LogP contribution in [-0.2, 0) is 13.2 Å². The predicted octanol–water partition coefficient (Wildman–Crippen LogP) is 6.90. The number of aliphatic hydroxyl groups is 2. The van der Waals surface area contributed by atoms with Crippen LogP contribution in [0.15, 0.2) is 65.3 Å². The van der Waals surface area contributed by atoms with Gasteiger partial charge in [-0.3, -0.25) is 0 Å². The van der Waals surface area contributed by atoms with Crippen molar-refractivity contribution in [2.24, 2.45) is 0 Å². The van der Waals surface area contributed by atoms with E-state index < -0.39 is 0 Å². The van der Waals surface area contributed by atoms with E-state index >= 15 is 0 Å². The maximum Gasteiger partial charge on any atom is 0.135 e. The van der Waals surface area contributed by atoms with Crippen molar-refractivity contribution < 1.29 is 33.6 Å². The third-order valence-corrected chi connectivity index (χ3v) is 8.26. The van der Waals surface area contributed by atoms with Gasteiger partial charge in [0.2, 0.25) is 0 Å². The van der Waals surface area contributed by atoms with Crippen LogP contribution in [0.25, 0.3) is 66.0 Å². The zero-order valence-corrected chi connectivity index (χ0v) is 24.1. The molecule has 0 fully saturated rings. The lowest BCUT2D eigenvalue weighted by molar-refractivity contribution is 0.274. The molecule has 7 rings (SSSR count). The molecule has 0 atom stereocenters. The largest absolute Gasteiger partial charge is 0.496 e. The molecule has 0 saturated carbocycles. The van der Waals surface area contributed by atoms with Crippen LogP contribution < -0.4 is 18.9 Å². The highest BCUT2D eigenvalue weighted by Gasteiger charge is 2.21. The molecule has 0 unspecified atom stereocenters. The number of hydrogen-bond acceptors (Lipinski definition) is 7. The number of rotatable bonds is 8. The number of ether oxygens (including phenoxy) is 4. The van der Waals surface area contributed by atoms with Gasteiger partial charge in [0.1, 0.15) is 34.2 Å². The molecule has 4 aromatic carbocycles. The number of methoxy groups -OCH3 is 4. The number of nitrogens with one attached hydrogen (secondary N) is 2. The second-order valence-electron chi connectivity index (χ2n) is 10.3. The SMILES string of the molecule is COc1cc(OC)c2c(-c3ccc4oc5ccc(-c6c[nH]c7c(CO)c(OC)cc(OC)c67)cc5c4c3)c[nH]c2c1CO. The van der Waals surface area contributed by atoms with E-state index in [1.807, 2.05) is 36.7 Å². The van der Waals surface area contributed by atoms with Gasteiger partial charge in [0.15, 0.2) is 0 Å². The quantitative estimate of drug-likeness (QED) is 0.155. The molecule has 3 aromatic heterocycles. The lowest BCUT2D eigenvalue weighted by Crippen LogP contribution is -1.96. The van der Waals surface area contributed by atoms with E-state index in [9.17, 15) is 10.2 Å². The number of benzene rings is 4. The maximum absolute atomic E-state index is 10.1. The van der Waals surface area contributed by atoms with E-state index in [0.717, 1.165) is 66.0 Å². The minimum atomic E-state index is -0.178. The second-order valence-corrected chi connectivity index (χ2v) is 10.3. The molecule has 3 heterocycles. The van der Waals surface area contributed by atoms with Gasteiger partial charge < -0.3 is 43.5 Å². The molecule has 218 valence electrons. The summed E-state index contributed by atoms with van der Waals surface area (Å²) in [6, 6.07) is 15.8. The van der Waals surface area contributed by atoms with E-state index in [1.54, 1.807) is 40.6 Å². The second kappa shape index (κ2) is 10.3. The standard InChI is InChI=1S/C34H30N2O7/c1-39-27-11-29(41-3)31-21(13-35-33(31)23(27)15-37)17-5-7-25-19(9-17)20-10-18(6-8-26(20)43-25)22-14-36-34-24(16-38)28(40-2)12-30(42-4)32(22)34/h5-14,35-38H,15-16H2,1-4H3. The average Bonchev–Trinajstić information content (AvgIpc) is 3.78. The molecule has 0 saturated heterocycles. The first-order chi connectivity index (χ1) is 21.0. The van der Waals surface area contributed by atoms with Crippen LogP contribution in [0.1, 0.15) is 11.1 Å². The van der Waals surface area contributed by atoms with Crippen LogP contribution in [-0.4, -0.2) is 48.6 Å². The summed E-state index contributed by atoms with van der Waals surface area (Å²) >= 11 is 0. The topological polar surface area (TPSA) is 122 Å². The van der Waals surface area contributed by atoms with Crippen molar-refractivity contribution >= 4 is 43.7 Å². The summed E-state index contributed by atoms with van der Waals surface area (Å²) in [5, 5.41) is 23.8. The van der Waals surface area contributed by atoms with Crippen molar-refractivity contribution in [3.63, 3.8) is 0 Å². The van der Waals surface area contributed by atoms with Crippen LogP contribution in [0.5, 0.6) is 23.0 Å². The fourth-order valence-electron chi connectivity index (χ4n) is 6.21. The molecular weight excluding hydrogens is 548 g/mol. The fourth-order valence-corrected chi connectivity index (χ4v) is 6.21. The summed E-state index contributed by atoms with van der Waals surface area (Å²) < 4.78 is 28.7. The van der Waals surface area contributed by atoms with Gasteiger partial charge >= 0.3 is 0 Å². The van der Waals surface area contributed by atoms with Crippen molar-refractivity contribution in [3.8, 4) is 45.3 Å². The Kier molecular flexibility index (Phi) is 6.41. The molecule has 9 heteroatoms. The highest BCUT2D eigenvalue weighted by Crippen LogP contribution is 2.45. The fraction of sp³-hybridized carbons (Fsp3) is 0.176. The monoisotopic (exact) mass is 578 g/mol. The van der Waals surface area contributed by atoms with Gasteiger partial charge in [0.25, 0.3) is 0 Å². The van der Waals surface area contributed by atoms with Gasteiger partial charge in [0.05, 0.1) is 52.7 Å². The molecule has 0 amide bonds. The zero-order chi connectivity index (χ0) is 29.8. The number of furan rings is 1. The van der Waals surface area contributed by atoms with E-state index in [-0.39, 0.29) is 13.2 Å². The van der Waals surface area contributed by atoms with Crippen molar-refractivity contribution in [3.05, 3.63) is 72.1 Å². The molecule has 0 spiro atoms. The first kappa shape index (κ1) is 26.8. The zero-order valence-electron chi connectivity index (χ0n) is 24.1. The molecule has 9 nitrogen and oxygen atoms in total. The van der Waals surface area contributed by atoms with Crippen LogP contribution in [0.3, 0.4) is 0 Å². The summed E-state index contributed by atoms with van der Waals surface area (Å²) in [6.07, 6.45) is 3.85. The van der Waals surface area contributed by atoms with Crippen molar-refractivity contribution in [1.82, 2.24) is 9.97 Å². The maximum atomic E-state index is 10.1. The number of H-pyrrole nitrogens is 2. The van der Waals surface area contributed by atoms with Crippen LogP contribution in [0.2, 0.25) is 0 Å². The Bertz CT molecular complexity index is 2020. The molecule has 0 bridgehead atoms. The molecule has 0 radical (unpaired) electrons. The van der Waals surface area contributed by atoms with Crippen molar-refractivity contribution in [2.45, 2.75) is 13.2 Å². The van der Waals surface area contributed by atoms with Crippen LogP contribution in [0.4, 0.5) is 0 Å². The minimum Gasteiger partial charge on any atom is -0.496 e. The summed E-state index contributed by atoms with van der Waals surface area (Å²) in [4.78, 5) is 6.64. The van der Waals surface area contributed by atoms with Gasteiger partial charge in [0, 0.05) is 68.3 Å². The van der Waals surface area contributed by atoms with Crippen LogP contribution in [0, 0.1) is 0 Å². The third-order valence-electron chi connectivity index (χ3n) is 8.26.